The molecular weight excluding hydrogens is 283 g/mol. The zero-order chi connectivity index (χ0) is 12.4. The van der Waals surface area contributed by atoms with E-state index in [-0.39, 0.29) is 17.9 Å². The van der Waals surface area contributed by atoms with Gasteiger partial charge in [0.1, 0.15) is 5.82 Å². The van der Waals surface area contributed by atoms with Crippen LogP contribution in [-0.2, 0) is 0 Å². The molecule has 1 saturated heterocycles. The van der Waals surface area contributed by atoms with E-state index in [1.807, 2.05) is 12.1 Å². The molecular formula is C13H18BrFN2. The first kappa shape index (κ1) is 13.0. The van der Waals surface area contributed by atoms with E-state index < -0.39 is 0 Å². The van der Waals surface area contributed by atoms with Crippen LogP contribution in [0, 0.1) is 5.82 Å². The highest BCUT2D eigenvalue weighted by Crippen LogP contribution is 2.33. The summed E-state index contributed by atoms with van der Waals surface area (Å²) in [5.41, 5.74) is 7.28. The van der Waals surface area contributed by atoms with Crippen molar-refractivity contribution >= 4 is 15.9 Å². The summed E-state index contributed by atoms with van der Waals surface area (Å²) in [4.78, 5) is 2.39. The minimum Gasteiger partial charge on any atom is -0.326 e. The first-order valence-corrected chi connectivity index (χ1v) is 6.87. The lowest BCUT2D eigenvalue weighted by atomic mass is 10.0. The van der Waals surface area contributed by atoms with Crippen molar-refractivity contribution in [2.75, 3.05) is 13.1 Å². The monoisotopic (exact) mass is 300 g/mol. The van der Waals surface area contributed by atoms with Gasteiger partial charge in [-0.3, -0.25) is 4.90 Å². The largest absolute Gasteiger partial charge is 0.326 e. The molecule has 2 N–H and O–H groups in total. The van der Waals surface area contributed by atoms with E-state index >= 15 is 0 Å². The Hall–Kier alpha value is -0.450. The molecule has 2 atom stereocenters. The van der Waals surface area contributed by atoms with Crippen molar-refractivity contribution < 1.29 is 4.39 Å². The maximum absolute atomic E-state index is 13.2. The van der Waals surface area contributed by atoms with Gasteiger partial charge in [0.2, 0.25) is 0 Å². The number of hydrogen-bond donors (Lipinski definition) is 1. The van der Waals surface area contributed by atoms with Crippen LogP contribution in [0.15, 0.2) is 22.7 Å². The van der Waals surface area contributed by atoms with E-state index in [4.69, 9.17) is 5.73 Å². The molecule has 0 amide bonds. The summed E-state index contributed by atoms with van der Waals surface area (Å²) in [6.07, 6.45) is 2.13. The number of rotatable bonds is 3. The predicted octanol–water partition coefficient (Wildman–Crippen LogP) is 3.07. The summed E-state index contributed by atoms with van der Waals surface area (Å²) in [6.45, 7) is 4.25. The lowest BCUT2D eigenvalue weighted by molar-refractivity contribution is 0.248. The predicted molar refractivity (Wildman–Crippen MR) is 71.3 cm³/mol. The first-order valence-electron chi connectivity index (χ1n) is 6.08. The fourth-order valence-corrected chi connectivity index (χ4v) is 2.97. The van der Waals surface area contributed by atoms with Gasteiger partial charge in [0.15, 0.2) is 0 Å². The maximum Gasteiger partial charge on any atom is 0.137 e. The van der Waals surface area contributed by atoms with Crippen LogP contribution >= 0.6 is 15.9 Å². The zero-order valence-corrected chi connectivity index (χ0v) is 11.6. The van der Waals surface area contributed by atoms with Crippen LogP contribution in [0.2, 0.25) is 0 Å². The van der Waals surface area contributed by atoms with Crippen molar-refractivity contribution in [2.45, 2.75) is 31.8 Å². The van der Waals surface area contributed by atoms with E-state index in [1.165, 1.54) is 6.07 Å². The highest BCUT2D eigenvalue weighted by atomic mass is 79.9. The van der Waals surface area contributed by atoms with E-state index in [9.17, 15) is 4.39 Å². The van der Waals surface area contributed by atoms with Gasteiger partial charge in [0, 0.05) is 18.6 Å². The summed E-state index contributed by atoms with van der Waals surface area (Å²) >= 11 is 3.24. The van der Waals surface area contributed by atoms with Gasteiger partial charge in [0.25, 0.3) is 0 Å². The van der Waals surface area contributed by atoms with Gasteiger partial charge in [-0.25, -0.2) is 4.39 Å². The van der Waals surface area contributed by atoms with Gasteiger partial charge in [0.05, 0.1) is 4.47 Å². The number of likely N-dealkylation sites (tertiary alicyclic amines) is 1. The molecule has 0 aliphatic carbocycles. The fraction of sp³-hybridized carbons (Fsp3) is 0.538. The molecule has 17 heavy (non-hydrogen) atoms. The van der Waals surface area contributed by atoms with Crippen LogP contribution < -0.4 is 5.73 Å². The average molecular weight is 301 g/mol. The Morgan fingerprint density at radius 3 is 2.94 bits per heavy atom. The standard InChI is InChI=1S/C13H18BrFN2/c1-2-6-17-7-5-12(16)13(17)9-3-4-11(15)10(14)8-9/h3-4,8,12-13H,2,5-7,16H2,1H3. The minimum absolute atomic E-state index is 0.152. The van der Waals surface area contributed by atoms with Crippen molar-refractivity contribution in [3.63, 3.8) is 0 Å². The Morgan fingerprint density at radius 2 is 2.29 bits per heavy atom. The molecule has 0 radical (unpaired) electrons. The highest BCUT2D eigenvalue weighted by molar-refractivity contribution is 9.10. The third kappa shape index (κ3) is 2.69. The lowest BCUT2D eigenvalue weighted by Gasteiger charge is -2.27. The molecule has 94 valence electrons. The molecule has 1 fully saturated rings. The van der Waals surface area contributed by atoms with Gasteiger partial charge in [-0.05, 0) is 53.0 Å². The van der Waals surface area contributed by atoms with Crippen LogP contribution in [0.1, 0.15) is 31.4 Å². The number of benzene rings is 1. The highest BCUT2D eigenvalue weighted by Gasteiger charge is 2.32. The normalized spacial score (nSPS) is 25.4. The molecule has 0 bridgehead atoms. The lowest BCUT2D eigenvalue weighted by Crippen LogP contribution is -2.32. The van der Waals surface area contributed by atoms with Crippen molar-refractivity contribution in [3.8, 4) is 0 Å². The molecule has 0 spiro atoms. The molecule has 4 heteroatoms. The van der Waals surface area contributed by atoms with Crippen molar-refractivity contribution in [1.29, 1.82) is 0 Å². The first-order chi connectivity index (χ1) is 8.13. The third-order valence-electron chi connectivity index (χ3n) is 3.34. The molecule has 0 saturated carbocycles. The van der Waals surface area contributed by atoms with Gasteiger partial charge >= 0.3 is 0 Å². The second kappa shape index (κ2) is 5.46. The van der Waals surface area contributed by atoms with Crippen LogP contribution in [0.25, 0.3) is 0 Å². The van der Waals surface area contributed by atoms with Crippen LogP contribution in [-0.4, -0.2) is 24.0 Å². The van der Waals surface area contributed by atoms with Crippen molar-refractivity contribution in [2.24, 2.45) is 5.73 Å². The van der Waals surface area contributed by atoms with Crippen LogP contribution in [0.5, 0.6) is 0 Å². The molecule has 1 aromatic carbocycles. The van der Waals surface area contributed by atoms with E-state index in [2.05, 4.69) is 27.8 Å². The summed E-state index contributed by atoms with van der Waals surface area (Å²) in [5.74, 6) is -0.220. The Kier molecular flexibility index (Phi) is 4.17. The second-order valence-electron chi connectivity index (χ2n) is 4.61. The summed E-state index contributed by atoms with van der Waals surface area (Å²) in [7, 11) is 0. The smallest absolute Gasteiger partial charge is 0.137 e. The Bertz CT molecular complexity index is 395. The van der Waals surface area contributed by atoms with Crippen LogP contribution in [0.3, 0.4) is 0 Å². The number of halogens is 2. The molecule has 2 unspecified atom stereocenters. The Morgan fingerprint density at radius 1 is 1.53 bits per heavy atom. The fourth-order valence-electron chi connectivity index (χ4n) is 2.58. The quantitative estimate of drug-likeness (QED) is 0.929. The summed E-state index contributed by atoms with van der Waals surface area (Å²) in [6, 6.07) is 5.59. The summed E-state index contributed by atoms with van der Waals surface area (Å²) < 4.78 is 13.8. The topological polar surface area (TPSA) is 29.3 Å². The molecule has 2 rings (SSSR count). The molecule has 2 nitrogen and oxygen atoms in total. The summed E-state index contributed by atoms with van der Waals surface area (Å²) in [5, 5.41) is 0. The molecule has 1 aliphatic rings. The maximum atomic E-state index is 13.2. The third-order valence-corrected chi connectivity index (χ3v) is 3.95. The number of nitrogens with two attached hydrogens (primary N) is 1. The van der Waals surface area contributed by atoms with Gasteiger partial charge in [-0.15, -0.1) is 0 Å². The zero-order valence-electron chi connectivity index (χ0n) is 10.00. The average Bonchev–Trinajstić information content (AvgIpc) is 2.65. The van der Waals surface area contributed by atoms with Gasteiger partial charge in [-0.1, -0.05) is 13.0 Å². The Balaban J connectivity index is 2.26. The van der Waals surface area contributed by atoms with E-state index in [0.717, 1.165) is 31.5 Å². The molecule has 0 aromatic heterocycles. The SMILES string of the molecule is CCCN1CCC(N)C1c1ccc(F)c(Br)c1. The van der Waals surface area contributed by atoms with Crippen molar-refractivity contribution in [1.82, 2.24) is 4.90 Å². The number of hydrogen-bond acceptors (Lipinski definition) is 2. The molecule has 1 aliphatic heterocycles. The number of nitrogens with zero attached hydrogens (tertiary/aromatic N) is 1. The van der Waals surface area contributed by atoms with Crippen molar-refractivity contribution in [3.05, 3.63) is 34.1 Å². The van der Waals surface area contributed by atoms with Gasteiger partial charge in [-0.2, -0.15) is 0 Å². The van der Waals surface area contributed by atoms with Crippen LogP contribution in [0.4, 0.5) is 4.39 Å². The van der Waals surface area contributed by atoms with E-state index in [0.29, 0.717) is 4.47 Å². The second-order valence-corrected chi connectivity index (χ2v) is 5.46. The minimum atomic E-state index is -0.220. The Labute approximate surface area is 110 Å². The van der Waals surface area contributed by atoms with E-state index in [1.54, 1.807) is 0 Å². The molecule has 1 heterocycles. The molecule has 1 aromatic rings. The van der Waals surface area contributed by atoms with Gasteiger partial charge < -0.3 is 5.73 Å².